The molecule has 0 radical (unpaired) electrons. The second-order valence-electron chi connectivity index (χ2n) is 5.34. The van der Waals surface area contributed by atoms with Crippen molar-refractivity contribution >= 4 is 16.0 Å². The van der Waals surface area contributed by atoms with Gasteiger partial charge >= 0.3 is 5.97 Å². The minimum atomic E-state index is -3.65. The number of sulfonamides is 1. The smallest absolute Gasteiger partial charge is 0.352 e. The first-order valence-corrected chi connectivity index (χ1v) is 8.15. The molecule has 1 aliphatic heterocycles. The highest BCUT2D eigenvalue weighted by molar-refractivity contribution is 7.89. The van der Waals surface area contributed by atoms with Crippen molar-refractivity contribution in [3.05, 3.63) is 17.0 Å². The maximum absolute atomic E-state index is 12.8. The van der Waals surface area contributed by atoms with Crippen LogP contribution in [0, 0.1) is 13.8 Å². The zero-order chi connectivity index (χ0) is 15.1. The van der Waals surface area contributed by atoms with Crippen LogP contribution in [0.4, 0.5) is 0 Å². The van der Waals surface area contributed by atoms with Crippen LogP contribution in [0.15, 0.2) is 4.90 Å². The summed E-state index contributed by atoms with van der Waals surface area (Å²) >= 11 is 0. The molecule has 0 spiro atoms. The first kappa shape index (κ1) is 15.1. The van der Waals surface area contributed by atoms with Gasteiger partial charge in [0, 0.05) is 23.8 Å². The molecule has 6 nitrogen and oxygen atoms in total. The molecule has 1 aromatic heterocycles. The molecule has 1 aliphatic rings. The molecule has 0 bridgehead atoms. The first-order chi connectivity index (χ1) is 9.26. The zero-order valence-electron chi connectivity index (χ0n) is 11.9. The van der Waals surface area contributed by atoms with Gasteiger partial charge in [-0.1, -0.05) is 6.42 Å². The highest BCUT2D eigenvalue weighted by Gasteiger charge is 2.35. The zero-order valence-corrected chi connectivity index (χ0v) is 12.7. The fourth-order valence-corrected chi connectivity index (χ4v) is 4.99. The number of aromatic nitrogens is 1. The molecule has 1 unspecified atom stereocenters. The fraction of sp³-hybridized carbons (Fsp3) is 0.615. The molecule has 112 valence electrons. The molecule has 7 heteroatoms. The van der Waals surface area contributed by atoms with Crippen LogP contribution in [-0.4, -0.2) is 41.4 Å². The molecule has 0 aliphatic carbocycles. The highest BCUT2D eigenvalue weighted by atomic mass is 32.2. The molecule has 0 saturated carbocycles. The summed E-state index contributed by atoms with van der Waals surface area (Å²) in [5.41, 5.74) is 0.621. The average molecular weight is 300 g/mol. The van der Waals surface area contributed by atoms with E-state index >= 15 is 0 Å². The summed E-state index contributed by atoms with van der Waals surface area (Å²) in [6, 6.07) is -0.0456. The molecular formula is C13H20N2O4S. The second kappa shape index (κ2) is 5.21. The summed E-state index contributed by atoms with van der Waals surface area (Å²) < 4.78 is 27.1. The Morgan fingerprint density at radius 3 is 2.50 bits per heavy atom. The van der Waals surface area contributed by atoms with Gasteiger partial charge < -0.3 is 10.1 Å². The molecule has 1 atom stereocenters. The van der Waals surface area contributed by atoms with Gasteiger partial charge in [-0.15, -0.1) is 0 Å². The van der Waals surface area contributed by atoms with Gasteiger partial charge in [0.05, 0.1) is 0 Å². The molecule has 0 amide bonds. The van der Waals surface area contributed by atoms with E-state index in [-0.39, 0.29) is 22.2 Å². The van der Waals surface area contributed by atoms with Gasteiger partial charge in [0.15, 0.2) is 0 Å². The predicted octanol–water partition coefficient (Wildman–Crippen LogP) is 1.89. The van der Waals surface area contributed by atoms with E-state index in [2.05, 4.69) is 4.98 Å². The fourth-order valence-electron chi connectivity index (χ4n) is 2.88. The summed E-state index contributed by atoms with van der Waals surface area (Å²) in [6.07, 6.45) is 2.71. The quantitative estimate of drug-likeness (QED) is 0.892. The van der Waals surface area contributed by atoms with E-state index in [4.69, 9.17) is 5.11 Å². The van der Waals surface area contributed by atoms with Gasteiger partial charge in [0.25, 0.3) is 0 Å². The number of H-pyrrole nitrogens is 1. The third-order valence-electron chi connectivity index (χ3n) is 3.89. The maximum atomic E-state index is 12.8. The minimum Gasteiger partial charge on any atom is -0.477 e. The lowest BCUT2D eigenvalue weighted by atomic mass is 10.1. The molecule has 1 saturated heterocycles. The Morgan fingerprint density at radius 2 is 2.00 bits per heavy atom. The number of carboxylic acid groups (broad SMARTS) is 1. The number of carbonyl (C=O) groups is 1. The average Bonchev–Trinajstić information content (AvgIpc) is 2.65. The largest absolute Gasteiger partial charge is 0.477 e. The van der Waals surface area contributed by atoms with Gasteiger partial charge in [0.2, 0.25) is 10.0 Å². The van der Waals surface area contributed by atoms with E-state index in [1.807, 2.05) is 6.92 Å². The molecular weight excluding hydrogens is 280 g/mol. The summed E-state index contributed by atoms with van der Waals surface area (Å²) in [7, 11) is -3.65. The van der Waals surface area contributed by atoms with Gasteiger partial charge in [-0.25, -0.2) is 13.2 Å². The standard InChI is InChI=1S/C13H20N2O4S/c1-8-6-4-5-7-15(8)20(18,19)12-9(2)11(13(16)17)14-10(12)3/h8,14H,4-7H2,1-3H3,(H,16,17). The Balaban J connectivity index is 2.52. The van der Waals surface area contributed by atoms with E-state index in [0.29, 0.717) is 12.2 Å². The highest BCUT2D eigenvalue weighted by Crippen LogP contribution is 2.30. The monoisotopic (exact) mass is 300 g/mol. The Kier molecular flexibility index (Phi) is 3.93. The third-order valence-corrected chi connectivity index (χ3v) is 6.18. The molecule has 2 heterocycles. The molecule has 1 aromatic rings. The number of piperidine rings is 1. The number of nitrogens with zero attached hydrogens (tertiary/aromatic N) is 1. The number of aromatic amines is 1. The molecule has 0 aromatic carbocycles. The van der Waals surface area contributed by atoms with Crippen molar-refractivity contribution in [2.45, 2.75) is 51.0 Å². The van der Waals surface area contributed by atoms with Crippen LogP contribution >= 0.6 is 0 Å². The Labute approximate surface area is 118 Å². The number of rotatable bonds is 3. The normalized spacial score (nSPS) is 21.1. The SMILES string of the molecule is Cc1[nH]c(C(=O)O)c(C)c1S(=O)(=O)N1CCCCC1C. The van der Waals surface area contributed by atoms with Crippen molar-refractivity contribution in [2.24, 2.45) is 0 Å². The van der Waals surface area contributed by atoms with Gasteiger partial charge in [-0.2, -0.15) is 4.31 Å². The lowest BCUT2D eigenvalue weighted by molar-refractivity contribution is 0.0690. The van der Waals surface area contributed by atoms with Crippen molar-refractivity contribution < 1.29 is 18.3 Å². The van der Waals surface area contributed by atoms with Gasteiger partial charge in [0.1, 0.15) is 10.6 Å². The molecule has 2 N–H and O–H groups in total. The van der Waals surface area contributed by atoms with Crippen molar-refractivity contribution in [3.63, 3.8) is 0 Å². The number of carboxylic acids is 1. The van der Waals surface area contributed by atoms with E-state index in [0.717, 1.165) is 19.3 Å². The van der Waals surface area contributed by atoms with Crippen LogP contribution < -0.4 is 0 Å². The molecule has 2 rings (SSSR count). The topological polar surface area (TPSA) is 90.5 Å². The van der Waals surface area contributed by atoms with Crippen LogP contribution in [0.25, 0.3) is 0 Å². The molecule has 20 heavy (non-hydrogen) atoms. The van der Waals surface area contributed by atoms with Crippen LogP contribution in [0.5, 0.6) is 0 Å². The number of aromatic carboxylic acids is 1. The van der Waals surface area contributed by atoms with Crippen molar-refractivity contribution in [1.29, 1.82) is 0 Å². The number of hydrogen-bond acceptors (Lipinski definition) is 3. The Hall–Kier alpha value is -1.34. The van der Waals surface area contributed by atoms with E-state index in [9.17, 15) is 13.2 Å². The Morgan fingerprint density at radius 1 is 1.35 bits per heavy atom. The summed E-state index contributed by atoms with van der Waals surface area (Å²) in [5, 5.41) is 9.09. The van der Waals surface area contributed by atoms with Crippen LogP contribution in [0.2, 0.25) is 0 Å². The predicted molar refractivity (Wildman–Crippen MR) is 74.4 cm³/mol. The van der Waals surface area contributed by atoms with E-state index in [1.165, 1.54) is 11.2 Å². The van der Waals surface area contributed by atoms with Crippen molar-refractivity contribution in [3.8, 4) is 0 Å². The van der Waals surface area contributed by atoms with Crippen LogP contribution in [0.3, 0.4) is 0 Å². The third kappa shape index (κ3) is 2.35. The number of nitrogens with one attached hydrogen (secondary N) is 1. The first-order valence-electron chi connectivity index (χ1n) is 6.71. The lowest BCUT2D eigenvalue weighted by Gasteiger charge is -2.32. The maximum Gasteiger partial charge on any atom is 0.352 e. The second-order valence-corrected chi connectivity index (χ2v) is 7.17. The van der Waals surface area contributed by atoms with Gasteiger partial charge in [-0.3, -0.25) is 0 Å². The number of aryl methyl sites for hydroxylation is 1. The molecule has 1 fully saturated rings. The minimum absolute atomic E-state index is 0.0456. The van der Waals surface area contributed by atoms with Gasteiger partial charge in [-0.05, 0) is 33.6 Å². The van der Waals surface area contributed by atoms with E-state index in [1.54, 1.807) is 6.92 Å². The summed E-state index contributed by atoms with van der Waals surface area (Å²) in [6.45, 7) is 5.53. The van der Waals surface area contributed by atoms with Crippen LogP contribution in [-0.2, 0) is 10.0 Å². The van der Waals surface area contributed by atoms with Crippen molar-refractivity contribution in [2.75, 3.05) is 6.54 Å². The summed E-state index contributed by atoms with van der Waals surface area (Å²) in [4.78, 5) is 13.9. The van der Waals surface area contributed by atoms with Crippen LogP contribution in [0.1, 0.15) is 47.9 Å². The number of hydrogen-bond donors (Lipinski definition) is 2. The van der Waals surface area contributed by atoms with Crippen molar-refractivity contribution in [1.82, 2.24) is 9.29 Å². The van der Waals surface area contributed by atoms with E-state index < -0.39 is 16.0 Å². The lowest BCUT2D eigenvalue weighted by Crippen LogP contribution is -2.42. The Bertz CT molecular complexity index is 633. The summed E-state index contributed by atoms with van der Waals surface area (Å²) in [5.74, 6) is -1.14.